The molecule has 0 atom stereocenters. The van der Waals surface area contributed by atoms with Gasteiger partial charge in [-0.1, -0.05) is 0 Å². The van der Waals surface area contributed by atoms with E-state index in [1.807, 2.05) is 0 Å². The molecule has 0 saturated heterocycles. The van der Waals surface area contributed by atoms with Gasteiger partial charge < -0.3 is 9.47 Å². The average Bonchev–Trinajstić information content (AvgIpc) is 3.29. The lowest BCUT2D eigenvalue weighted by Gasteiger charge is -1.97. The van der Waals surface area contributed by atoms with Crippen molar-refractivity contribution in [3.63, 3.8) is 0 Å². The number of carbonyl (C=O) groups excluding carboxylic acids is 2. The maximum atomic E-state index is 12.3. The Kier molecular flexibility index (Phi) is 2.38. The third-order valence-electron chi connectivity index (χ3n) is 3.15. The molecule has 2 aliphatic heterocycles. The van der Waals surface area contributed by atoms with Gasteiger partial charge >= 0.3 is 0 Å². The predicted molar refractivity (Wildman–Crippen MR) is 77.1 cm³/mol. The van der Waals surface area contributed by atoms with E-state index in [2.05, 4.69) is 31.9 Å². The second kappa shape index (κ2) is 3.93. The van der Waals surface area contributed by atoms with Gasteiger partial charge in [0.05, 0.1) is 20.1 Å². The zero-order valence-electron chi connectivity index (χ0n) is 9.70. The van der Waals surface area contributed by atoms with E-state index < -0.39 is 11.6 Å². The maximum absolute atomic E-state index is 12.3. The second-order valence-corrected chi connectivity index (χ2v) is 6.08. The summed E-state index contributed by atoms with van der Waals surface area (Å²) in [5.41, 5.74) is 0.566. The topological polar surface area (TPSA) is 59.2 Å². The van der Waals surface area contributed by atoms with E-state index in [9.17, 15) is 9.59 Å². The molecule has 0 spiro atoms. The van der Waals surface area contributed by atoms with Crippen LogP contribution in [0.25, 0.3) is 0 Å². The number of hydrogen-bond donors (Lipinski definition) is 0. The van der Waals surface area contributed by atoms with Crippen molar-refractivity contribution < 1.29 is 19.1 Å². The fourth-order valence-electron chi connectivity index (χ4n) is 2.04. The molecule has 4 nitrogen and oxygen atoms in total. The molecule has 98 valence electrons. The molecule has 0 fully saturated rings. The maximum Gasteiger partial charge on any atom is 0.237 e. The van der Waals surface area contributed by atoms with Gasteiger partial charge in [0.2, 0.25) is 11.6 Å². The van der Waals surface area contributed by atoms with Crippen LogP contribution in [0.3, 0.4) is 0 Å². The summed E-state index contributed by atoms with van der Waals surface area (Å²) in [6.45, 7) is 0. The number of ether oxygens (including phenoxy) is 2. The van der Waals surface area contributed by atoms with Gasteiger partial charge in [-0.2, -0.15) is 0 Å². The van der Waals surface area contributed by atoms with Crippen LogP contribution in [0.15, 0.2) is 33.2 Å². The highest BCUT2D eigenvalue weighted by molar-refractivity contribution is 9.11. The fraction of sp³-hybridized carbons (Fsp3) is 0. The van der Waals surface area contributed by atoms with Gasteiger partial charge in [0, 0.05) is 0 Å². The molecule has 0 amide bonds. The quantitative estimate of drug-likeness (QED) is 0.291. The Hall–Kier alpha value is -1.66. The van der Waals surface area contributed by atoms with Crippen LogP contribution in [0.4, 0.5) is 0 Å². The van der Waals surface area contributed by atoms with Crippen LogP contribution in [0, 0.1) is 0 Å². The molecule has 2 heterocycles. The van der Waals surface area contributed by atoms with E-state index in [0.717, 1.165) is 8.95 Å². The Morgan fingerprint density at radius 1 is 0.700 bits per heavy atom. The van der Waals surface area contributed by atoms with Gasteiger partial charge in [-0.05, 0) is 56.1 Å². The minimum Gasteiger partial charge on any atom is -0.447 e. The predicted octanol–water partition coefficient (Wildman–Crippen LogP) is 4.49. The third kappa shape index (κ3) is 1.65. The van der Waals surface area contributed by atoms with E-state index in [0.29, 0.717) is 23.0 Å². The zero-order chi connectivity index (χ0) is 14.0. The summed E-state index contributed by atoms with van der Waals surface area (Å²) in [5.74, 6) is 0.990. The molecule has 20 heavy (non-hydrogen) atoms. The first-order valence-corrected chi connectivity index (χ1v) is 7.26. The van der Waals surface area contributed by atoms with Crippen molar-refractivity contribution in [2.45, 2.75) is 0 Å². The third-order valence-corrected chi connectivity index (χ3v) is 4.40. The standard InChI is InChI=1S/C14H4Br2O4/c15-7-3-1-5(11-13(7)19-11)9(17)10(18)6-2-4-8(16)14-12(6)20-14/h1-4H. The van der Waals surface area contributed by atoms with Gasteiger partial charge in [-0.15, -0.1) is 0 Å². The Labute approximate surface area is 129 Å². The molecule has 0 aromatic heterocycles. The summed E-state index contributed by atoms with van der Waals surface area (Å²) in [6, 6.07) is 6.54. The van der Waals surface area contributed by atoms with Gasteiger partial charge in [0.1, 0.15) is 0 Å². The van der Waals surface area contributed by atoms with E-state index in [1.54, 1.807) is 24.3 Å². The van der Waals surface area contributed by atoms with Crippen molar-refractivity contribution in [2.24, 2.45) is 0 Å². The first-order valence-electron chi connectivity index (χ1n) is 5.67. The molecule has 2 aromatic carbocycles. The van der Waals surface area contributed by atoms with E-state index in [-0.39, 0.29) is 11.1 Å². The monoisotopic (exact) mass is 394 g/mol. The van der Waals surface area contributed by atoms with E-state index in [1.165, 1.54) is 0 Å². The molecule has 0 unspecified atom stereocenters. The second-order valence-electron chi connectivity index (χ2n) is 4.37. The van der Waals surface area contributed by atoms with E-state index >= 15 is 0 Å². The molecule has 2 aromatic rings. The van der Waals surface area contributed by atoms with Crippen LogP contribution >= 0.6 is 31.9 Å². The molecular weight excluding hydrogens is 392 g/mol. The van der Waals surface area contributed by atoms with Crippen molar-refractivity contribution in [1.82, 2.24) is 0 Å². The molecule has 0 bridgehead atoms. The number of fused-ring (bicyclic) bond motifs is 2. The van der Waals surface area contributed by atoms with Gasteiger partial charge in [-0.3, -0.25) is 9.59 Å². The minimum absolute atomic E-state index is 0.283. The van der Waals surface area contributed by atoms with Crippen LogP contribution in [0.1, 0.15) is 20.7 Å². The first kappa shape index (κ1) is 12.1. The molecule has 0 N–H and O–H groups in total. The molecule has 2 aliphatic rings. The fourth-order valence-corrected chi connectivity index (χ4v) is 2.83. The number of halogens is 2. The molecule has 0 saturated carbocycles. The summed E-state index contributed by atoms with van der Waals surface area (Å²) in [6.07, 6.45) is 0. The number of ketones is 2. The van der Waals surface area contributed by atoms with Crippen molar-refractivity contribution >= 4 is 43.4 Å². The highest BCUT2D eigenvalue weighted by Crippen LogP contribution is 2.55. The summed E-state index contributed by atoms with van der Waals surface area (Å²) in [4.78, 5) is 24.5. The highest BCUT2D eigenvalue weighted by Gasteiger charge is 2.37. The summed E-state index contributed by atoms with van der Waals surface area (Å²) < 4.78 is 12.0. The van der Waals surface area contributed by atoms with Crippen molar-refractivity contribution in [2.75, 3.05) is 0 Å². The van der Waals surface area contributed by atoms with Gasteiger partial charge in [-0.25, -0.2) is 0 Å². The number of hydrogen-bond acceptors (Lipinski definition) is 4. The Balaban J connectivity index is 1.71. The number of rotatable bonds is 3. The number of benzene rings is 2. The van der Waals surface area contributed by atoms with Crippen LogP contribution in [-0.2, 0) is 0 Å². The van der Waals surface area contributed by atoms with Gasteiger partial charge in [0.25, 0.3) is 0 Å². The lowest BCUT2D eigenvalue weighted by molar-refractivity contribution is 0.0816. The van der Waals surface area contributed by atoms with Gasteiger partial charge in [0.15, 0.2) is 23.0 Å². The number of carbonyl (C=O) groups is 2. The molecule has 4 rings (SSSR count). The lowest BCUT2D eigenvalue weighted by atomic mass is 10.0. The largest absolute Gasteiger partial charge is 0.447 e. The Morgan fingerprint density at radius 3 is 1.50 bits per heavy atom. The molecular formula is C14H4Br2O4. The Bertz CT molecular complexity index is 757. The molecule has 6 heteroatoms. The first-order chi connectivity index (χ1) is 9.58. The van der Waals surface area contributed by atoms with Crippen molar-refractivity contribution in [1.29, 1.82) is 0 Å². The smallest absolute Gasteiger partial charge is 0.237 e. The lowest BCUT2D eigenvalue weighted by Crippen LogP contribution is -2.13. The van der Waals surface area contributed by atoms with Crippen LogP contribution < -0.4 is 9.47 Å². The SMILES string of the molecule is O=C(C(=O)c1ccc(Br)c2c1O2)c1ccc(Br)c2c1O2. The van der Waals surface area contributed by atoms with Crippen LogP contribution in [0.2, 0.25) is 0 Å². The molecule has 0 radical (unpaired) electrons. The van der Waals surface area contributed by atoms with Crippen LogP contribution in [0.5, 0.6) is 23.0 Å². The minimum atomic E-state index is -0.591. The average molecular weight is 396 g/mol. The zero-order valence-corrected chi connectivity index (χ0v) is 12.9. The van der Waals surface area contributed by atoms with Crippen molar-refractivity contribution in [3.05, 3.63) is 44.3 Å². The Morgan fingerprint density at radius 2 is 1.10 bits per heavy atom. The van der Waals surface area contributed by atoms with Crippen molar-refractivity contribution in [3.8, 4) is 23.0 Å². The highest BCUT2D eigenvalue weighted by atomic mass is 79.9. The number of Topliss-reactive ketones (excluding diaryl/α,β-unsaturated/α-hetero) is 2. The summed E-state index contributed by atoms with van der Waals surface area (Å²) in [7, 11) is 0. The summed E-state index contributed by atoms with van der Waals surface area (Å²) in [5, 5.41) is 0. The molecule has 0 aliphatic carbocycles. The normalized spacial score (nSPS) is 12.7. The van der Waals surface area contributed by atoms with Crippen LogP contribution in [-0.4, -0.2) is 11.6 Å². The summed E-state index contributed by atoms with van der Waals surface area (Å²) >= 11 is 6.59. The van der Waals surface area contributed by atoms with E-state index in [4.69, 9.17) is 9.47 Å².